The maximum absolute atomic E-state index is 9.93. The fraction of sp³-hybridized carbons (Fsp3) is 1.00. The second-order valence-corrected chi connectivity index (χ2v) is 5.48. The van der Waals surface area contributed by atoms with E-state index in [4.69, 9.17) is 5.73 Å². The Hall–Kier alpha value is -0.0800. The van der Waals surface area contributed by atoms with E-state index in [-0.39, 0.29) is 17.4 Å². The van der Waals surface area contributed by atoms with Crippen LogP contribution < -0.4 is 5.73 Å². The maximum atomic E-state index is 9.93. The van der Waals surface area contributed by atoms with Crippen molar-refractivity contribution in [2.75, 3.05) is 6.54 Å². The predicted octanol–water partition coefficient (Wildman–Crippen LogP) is 2.01. The molecule has 0 aliphatic heterocycles. The van der Waals surface area contributed by atoms with E-state index in [0.717, 1.165) is 6.42 Å². The molecule has 2 nitrogen and oxygen atoms in total. The molecular weight excluding hydrogens is 162 g/mol. The van der Waals surface area contributed by atoms with Gasteiger partial charge in [-0.2, -0.15) is 0 Å². The average Bonchev–Trinajstić information content (AvgIpc) is 1.82. The molecule has 2 heteroatoms. The van der Waals surface area contributed by atoms with E-state index in [2.05, 4.69) is 34.6 Å². The van der Waals surface area contributed by atoms with E-state index in [1.807, 2.05) is 0 Å². The van der Waals surface area contributed by atoms with E-state index < -0.39 is 0 Å². The number of aliphatic hydroxyl groups excluding tert-OH is 1. The summed E-state index contributed by atoms with van der Waals surface area (Å²) in [6.45, 7) is 11.2. The van der Waals surface area contributed by atoms with Crippen molar-refractivity contribution in [3.63, 3.8) is 0 Å². The molecule has 0 radical (unpaired) electrons. The highest BCUT2D eigenvalue weighted by molar-refractivity contribution is 4.77. The van der Waals surface area contributed by atoms with Crippen molar-refractivity contribution in [1.82, 2.24) is 0 Å². The number of aliphatic hydroxyl groups is 1. The van der Waals surface area contributed by atoms with Crippen LogP contribution in [0.5, 0.6) is 0 Å². The molecule has 0 aromatic rings. The standard InChI is InChI=1S/C11H25NO/c1-8(2)9(7-12)10(13)6-11(3,4)5/h8-10,13H,6-7,12H2,1-5H3. The van der Waals surface area contributed by atoms with Gasteiger partial charge in [-0.25, -0.2) is 0 Å². The molecule has 0 spiro atoms. The van der Waals surface area contributed by atoms with Crippen molar-refractivity contribution in [3.05, 3.63) is 0 Å². The molecule has 0 aromatic carbocycles. The second kappa shape index (κ2) is 4.97. The van der Waals surface area contributed by atoms with Crippen molar-refractivity contribution in [3.8, 4) is 0 Å². The van der Waals surface area contributed by atoms with Gasteiger partial charge < -0.3 is 10.8 Å². The highest BCUT2D eigenvalue weighted by Gasteiger charge is 2.25. The summed E-state index contributed by atoms with van der Waals surface area (Å²) in [5.41, 5.74) is 5.82. The lowest BCUT2D eigenvalue weighted by atomic mass is 9.81. The van der Waals surface area contributed by atoms with Crippen LogP contribution in [0.15, 0.2) is 0 Å². The quantitative estimate of drug-likeness (QED) is 0.707. The van der Waals surface area contributed by atoms with Crippen LogP contribution in [0.2, 0.25) is 0 Å². The summed E-state index contributed by atoms with van der Waals surface area (Å²) < 4.78 is 0. The first-order valence-electron chi connectivity index (χ1n) is 5.16. The fourth-order valence-electron chi connectivity index (χ4n) is 1.65. The van der Waals surface area contributed by atoms with E-state index >= 15 is 0 Å². The zero-order valence-electron chi connectivity index (χ0n) is 9.67. The van der Waals surface area contributed by atoms with Crippen LogP contribution in [0.3, 0.4) is 0 Å². The molecule has 0 aliphatic rings. The van der Waals surface area contributed by atoms with Gasteiger partial charge in [0.15, 0.2) is 0 Å². The number of hydrogen-bond donors (Lipinski definition) is 2. The summed E-state index contributed by atoms with van der Waals surface area (Å²) in [6.07, 6.45) is 0.567. The van der Waals surface area contributed by atoms with Crippen molar-refractivity contribution >= 4 is 0 Å². The molecule has 80 valence electrons. The molecule has 0 aliphatic carbocycles. The second-order valence-electron chi connectivity index (χ2n) is 5.48. The van der Waals surface area contributed by atoms with Crippen LogP contribution in [0.1, 0.15) is 41.0 Å². The van der Waals surface area contributed by atoms with Gasteiger partial charge in [-0.05, 0) is 30.2 Å². The van der Waals surface area contributed by atoms with Gasteiger partial charge in [0.2, 0.25) is 0 Å². The lowest BCUT2D eigenvalue weighted by Crippen LogP contribution is -2.34. The molecule has 13 heavy (non-hydrogen) atoms. The fourth-order valence-corrected chi connectivity index (χ4v) is 1.65. The van der Waals surface area contributed by atoms with Gasteiger partial charge in [-0.15, -0.1) is 0 Å². The Morgan fingerprint density at radius 2 is 1.69 bits per heavy atom. The summed E-state index contributed by atoms with van der Waals surface area (Å²) in [4.78, 5) is 0. The van der Waals surface area contributed by atoms with Crippen LogP contribution in [-0.4, -0.2) is 17.8 Å². The Bertz CT molecular complexity index is 138. The highest BCUT2D eigenvalue weighted by atomic mass is 16.3. The van der Waals surface area contributed by atoms with Crippen LogP contribution in [0.4, 0.5) is 0 Å². The third kappa shape index (κ3) is 5.27. The smallest absolute Gasteiger partial charge is 0.0587 e. The van der Waals surface area contributed by atoms with Gasteiger partial charge in [0.25, 0.3) is 0 Å². The Morgan fingerprint density at radius 1 is 1.23 bits per heavy atom. The van der Waals surface area contributed by atoms with Crippen molar-refractivity contribution in [2.24, 2.45) is 23.0 Å². The normalized spacial score (nSPS) is 17.5. The molecule has 0 heterocycles. The summed E-state index contributed by atoms with van der Waals surface area (Å²) in [7, 11) is 0. The highest BCUT2D eigenvalue weighted by Crippen LogP contribution is 2.26. The van der Waals surface area contributed by atoms with Gasteiger partial charge in [0, 0.05) is 0 Å². The topological polar surface area (TPSA) is 46.2 Å². The summed E-state index contributed by atoms with van der Waals surface area (Å²) in [5, 5.41) is 9.93. The summed E-state index contributed by atoms with van der Waals surface area (Å²) in [6, 6.07) is 0. The van der Waals surface area contributed by atoms with E-state index in [9.17, 15) is 5.11 Å². The number of rotatable bonds is 4. The van der Waals surface area contributed by atoms with Crippen molar-refractivity contribution in [2.45, 2.75) is 47.1 Å². The van der Waals surface area contributed by atoms with E-state index in [1.165, 1.54) is 0 Å². The summed E-state index contributed by atoms with van der Waals surface area (Å²) in [5.74, 6) is 0.696. The number of hydrogen-bond acceptors (Lipinski definition) is 2. The zero-order chi connectivity index (χ0) is 10.6. The van der Waals surface area contributed by atoms with Crippen molar-refractivity contribution < 1.29 is 5.11 Å². The minimum Gasteiger partial charge on any atom is -0.393 e. The third-order valence-electron chi connectivity index (χ3n) is 2.44. The van der Waals surface area contributed by atoms with E-state index in [1.54, 1.807) is 0 Å². The first kappa shape index (κ1) is 12.9. The van der Waals surface area contributed by atoms with E-state index in [0.29, 0.717) is 12.5 Å². The molecule has 0 aromatic heterocycles. The Labute approximate surface area is 82.5 Å². The molecule has 2 atom stereocenters. The molecule has 0 saturated heterocycles. The number of nitrogens with two attached hydrogens (primary N) is 1. The van der Waals surface area contributed by atoms with Crippen LogP contribution >= 0.6 is 0 Å². The first-order valence-corrected chi connectivity index (χ1v) is 5.16. The first-order chi connectivity index (χ1) is 5.78. The SMILES string of the molecule is CC(C)C(CN)C(O)CC(C)(C)C. The average molecular weight is 187 g/mol. The monoisotopic (exact) mass is 187 g/mol. The molecule has 3 N–H and O–H groups in total. The molecule has 0 saturated carbocycles. The van der Waals surface area contributed by atoms with Crippen LogP contribution in [0, 0.1) is 17.3 Å². The van der Waals surface area contributed by atoms with Gasteiger partial charge in [-0.3, -0.25) is 0 Å². The van der Waals surface area contributed by atoms with Gasteiger partial charge >= 0.3 is 0 Å². The van der Waals surface area contributed by atoms with Gasteiger partial charge in [-0.1, -0.05) is 34.6 Å². The molecule has 0 amide bonds. The van der Waals surface area contributed by atoms with Crippen LogP contribution in [0.25, 0.3) is 0 Å². The largest absolute Gasteiger partial charge is 0.393 e. The minimum atomic E-state index is -0.259. The molecule has 2 unspecified atom stereocenters. The molecule has 0 fully saturated rings. The minimum absolute atomic E-state index is 0.182. The molecule has 0 rings (SSSR count). The zero-order valence-corrected chi connectivity index (χ0v) is 9.67. The van der Waals surface area contributed by atoms with Gasteiger partial charge in [0.05, 0.1) is 6.10 Å². The summed E-state index contributed by atoms with van der Waals surface area (Å²) >= 11 is 0. The Balaban J connectivity index is 4.14. The van der Waals surface area contributed by atoms with Crippen LogP contribution in [-0.2, 0) is 0 Å². The lowest BCUT2D eigenvalue weighted by Gasteiger charge is -2.30. The van der Waals surface area contributed by atoms with Gasteiger partial charge in [0.1, 0.15) is 0 Å². The Morgan fingerprint density at radius 3 is 1.92 bits per heavy atom. The third-order valence-corrected chi connectivity index (χ3v) is 2.44. The molecular formula is C11H25NO. The Kier molecular flexibility index (Phi) is 4.93. The predicted molar refractivity (Wildman–Crippen MR) is 57.5 cm³/mol. The molecule has 0 bridgehead atoms. The lowest BCUT2D eigenvalue weighted by molar-refractivity contribution is 0.0495. The van der Waals surface area contributed by atoms with Crippen molar-refractivity contribution in [1.29, 1.82) is 0 Å². The maximum Gasteiger partial charge on any atom is 0.0587 e.